The zero-order valence-electron chi connectivity index (χ0n) is 14.7. The zero-order chi connectivity index (χ0) is 18.0. The van der Waals surface area contributed by atoms with Crippen molar-refractivity contribution in [2.24, 2.45) is 11.8 Å². The third-order valence-electron chi connectivity index (χ3n) is 5.42. The average Bonchev–Trinajstić information content (AvgIpc) is 3.41. The van der Waals surface area contributed by atoms with Gasteiger partial charge in [-0.3, -0.25) is 9.59 Å². The van der Waals surface area contributed by atoms with E-state index in [1.807, 2.05) is 19.1 Å². The van der Waals surface area contributed by atoms with Crippen LogP contribution in [0.15, 0.2) is 18.2 Å². The Morgan fingerprint density at radius 3 is 2.64 bits per heavy atom. The molecule has 1 heterocycles. The predicted molar refractivity (Wildman–Crippen MR) is 91.7 cm³/mol. The molecule has 1 aliphatic carbocycles. The molecule has 1 aromatic carbocycles. The minimum Gasteiger partial charge on any atom is -0.496 e. The zero-order valence-corrected chi connectivity index (χ0v) is 14.7. The smallest absolute Gasteiger partial charge is 0.307 e. The van der Waals surface area contributed by atoms with E-state index in [0.29, 0.717) is 26.2 Å². The third-order valence-corrected chi connectivity index (χ3v) is 5.42. The first-order valence-corrected chi connectivity index (χ1v) is 8.70. The lowest BCUT2D eigenvalue weighted by atomic mass is 9.73. The Labute approximate surface area is 147 Å². The molecule has 1 saturated carbocycles. The standard InChI is InChI=1S/C19H25NO5/c1-12-3-4-16(24-2)15(9-12)19(5-7-25-8-6-19)11-20-17(21)13-10-14(13)18(22)23/h3-4,9,13-14H,5-8,10-11H2,1-2H3,(H,20,21)(H,22,23)/t13-,14-/m0/s1. The van der Waals surface area contributed by atoms with E-state index in [4.69, 9.17) is 14.6 Å². The number of carbonyl (C=O) groups is 2. The molecule has 6 nitrogen and oxygen atoms in total. The summed E-state index contributed by atoms with van der Waals surface area (Å²) in [6.07, 6.45) is 2.02. The van der Waals surface area contributed by atoms with Crippen molar-refractivity contribution in [3.63, 3.8) is 0 Å². The maximum Gasteiger partial charge on any atom is 0.307 e. The van der Waals surface area contributed by atoms with Gasteiger partial charge in [-0.2, -0.15) is 0 Å². The Bertz CT molecular complexity index is 666. The van der Waals surface area contributed by atoms with Crippen molar-refractivity contribution >= 4 is 11.9 Å². The number of carboxylic acids is 1. The minimum atomic E-state index is -0.888. The highest BCUT2D eigenvalue weighted by molar-refractivity contribution is 5.89. The Kier molecular flexibility index (Phi) is 4.99. The highest BCUT2D eigenvalue weighted by Gasteiger charge is 2.49. The lowest BCUT2D eigenvalue weighted by Gasteiger charge is -2.39. The van der Waals surface area contributed by atoms with Gasteiger partial charge in [0.25, 0.3) is 0 Å². The number of amides is 1. The monoisotopic (exact) mass is 347 g/mol. The van der Waals surface area contributed by atoms with Crippen LogP contribution in [0.4, 0.5) is 0 Å². The van der Waals surface area contributed by atoms with Crippen molar-refractivity contribution in [3.05, 3.63) is 29.3 Å². The minimum absolute atomic E-state index is 0.162. The summed E-state index contributed by atoms with van der Waals surface area (Å²) in [6, 6.07) is 6.09. The number of hydrogen-bond donors (Lipinski definition) is 2. The molecule has 0 radical (unpaired) electrons. The van der Waals surface area contributed by atoms with Crippen LogP contribution in [-0.4, -0.2) is 43.9 Å². The van der Waals surface area contributed by atoms with Crippen LogP contribution in [0.5, 0.6) is 5.75 Å². The number of rotatable bonds is 6. The van der Waals surface area contributed by atoms with Crippen LogP contribution in [0.25, 0.3) is 0 Å². The number of methoxy groups -OCH3 is 1. The number of ether oxygens (including phenoxy) is 2. The lowest BCUT2D eigenvalue weighted by Crippen LogP contribution is -2.45. The Morgan fingerprint density at radius 1 is 1.32 bits per heavy atom. The quantitative estimate of drug-likeness (QED) is 0.821. The number of carboxylic acid groups (broad SMARTS) is 1. The molecule has 0 aromatic heterocycles. The van der Waals surface area contributed by atoms with Crippen LogP contribution in [0.2, 0.25) is 0 Å². The van der Waals surface area contributed by atoms with Gasteiger partial charge in [0.15, 0.2) is 0 Å². The molecular formula is C19H25NO5. The second kappa shape index (κ2) is 7.04. The first-order chi connectivity index (χ1) is 12.0. The van der Waals surface area contributed by atoms with E-state index in [1.165, 1.54) is 0 Å². The van der Waals surface area contributed by atoms with Crippen LogP contribution >= 0.6 is 0 Å². The molecule has 2 atom stereocenters. The first-order valence-electron chi connectivity index (χ1n) is 8.70. The van der Waals surface area contributed by atoms with Crippen LogP contribution in [0.3, 0.4) is 0 Å². The number of carbonyl (C=O) groups excluding carboxylic acids is 1. The average molecular weight is 347 g/mol. The van der Waals surface area contributed by atoms with Gasteiger partial charge in [-0.05, 0) is 32.3 Å². The summed E-state index contributed by atoms with van der Waals surface area (Å²) >= 11 is 0. The summed E-state index contributed by atoms with van der Waals surface area (Å²) in [5.74, 6) is -1.16. The molecule has 2 aliphatic rings. The molecule has 3 rings (SSSR count). The molecule has 1 aromatic rings. The molecule has 2 fully saturated rings. The van der Waals surface area contributed by atoms with Crippen molar-refractivity contribution in [2.75, 3.05) is 26.9 Å². The number of benzene rings is 1. The molecule has 2 N–H and O–H groups in total. The number of hydrogen-bond acceptors (Lipinski definition) is 4. The van der Waals surface area contributed by atoms with Crippen LogP contribution < -0.4 is 10.1 Å². The SMILES string of the molecule is COc1ccc(C)cc1C1(CNC(=O)[C@H]2C[C@@H]2C(=O)O)CCOCC1. The van der Waals surface area contributed by atoms with E-state index >= 15 is 0 Å². The second-order valence-corrected chi connectivity index (χ2v) is 7.10. The van der Waals surface area contributed by atoms with E-state index in [-0.39, 0.29) is 11.3 Å². The van der Waals surface area contributed by atoms with Gasteiger partial charge in [0.2, 0.25) is 5.91 Å². The van der Waals surface area contributed by atoms with Crippen molar-refractivity contribution in [1.82, 2.24) is 5.32 Å². The van der Waals surface area contributed by atoms with Crippen molar-refractivity contribution < 1.29 is 24.2 Å². The fraction of sp³-hybridized carbons (Fsp3) is 0.579. The molecule has 1 saturated heterocycles. The van der Waals surface area contributed by atoms with Gasteiger partial charge in [-0.25, -0.2) is 0 Å². The molecule has 0 unspecified atom stereocenters. The number of aliphatic carboxylic acids is 1. The van der Waals surface area contributed by atoms with Gasteiger partial charge in [-0.15, -0.1) is 0 Å². The summed E-state index contributed by atoms with van der Waals surface area (Å²) in [5.41, 5.74) is 1.98. The van der Waals surface area contributed by atoms with E-state index in [0.717, 1.165) is 29.7 Å². The topological polar surface area (TPSA) is 84.9 Å². The maximum atomic E-state index is 12.3. The van der Waals surface area contributed by atoms with E-state index in [1.54, 1.807) is 7.11 Å². The Balaban J connectivity index is 1.79. The maximum absolute atomic E-state index is 12.3. The number of nitrogens with one attached hydrogen (secondary N) is 1. The number of aryl methyl sites for hydroxylation is 1. The van der Waals surface area contributed by atoms with Gasteiger partial charge in [0, 0.05) is 30.7 Å². The summed E-state index contributed by atoms with van der Waals surface area (Å²) in [4.78, 5) is 23.3. The van der Waals surface area contributed by atoms with Crippen molar-refractivity contribution in [3.8, 4) is 5.75 Å². The van der Waals surface area contributed by atoms with Crippen LogP contribution in [0.1, 0.15) is 30.4 Å². The molecule has 136 valence electrons. The van der Waals surface area contributed by atoms with Gasteiger partial charge < -0.3 is 19.9 Å². The third kappa shape index (κ3) is 3.63. The van der Waals surface area contributed by atoms with Crippen LogP contribution in [-0.2, 0) is 19.7 Å². The summed E-state index contributed by atoms with van der Waals surface area (Å²) in [7, 11) is 1.65. The van der Waals surface area contributed by atoms with Gasteiger partial charge in [0.1, 0.15) is 5.75 Å². The highest BCUT2D eigenvalue weighted by Crippen LogP contribution is 2.41. The normalized spacial score (nSPS) is 24.4. The van der Waals surface area contributed by atoms with Crippen molar-refractivity contribution in [2.45, 2.75) is 31.6 Å². The van der Waals surface area contributed by atoms with Gasteiger partial charge in [0.05, 0.1) is 18.9 Å². The fourth-order valence-electron chi connectivity index (χ4n) is 3.68. The largest absolute Gasteiger partial charge is 0.496 e. The fourth-order valence-corrected chi connectivity index (χ4v) is 3.68. The molecule has 0 bridgehead atoms. The van der Waals surface area contributed by atoms with E-state index < -0.39 is 17.8 Å². The second-order valence-electron chi connectivity index (χ2n) is 7.10. The van der Waals surface area contributed by atoms with Gasteiger partial charge in [-0.1, -0.05) is 17.7 Å². The summed E-state index contributed by atoms with van der Waals surface area (Å²) in [6.45, 7) is 3.77. The molecule has 1 aliphatic heterocycles. The summed E-state index contributed by atoms with van der Waals surface area (Å²) in [5, 5.41) is 12.0. The van der Waals surface area contributed by atoms with E-state index in [2.05, 4.69) is 11.4 Å². The molecule has 0 spiro atoms. The molecular weight excluding hydrogens is 322 g/mol. The van der Waals surface area contributed by atoms with Crippen molar-refractivity contribution in [1.29, 1.82) is 0 Å². The van der Waals surface area contributed by atoms with Crippen LogP contribution in [0, 0.1) is 18.8 Å². The molecule has 6 heteroatoms. The first kappa shape index (κ1) is 17.7. The molecule has 1 amide bonds. The Morgan fingerprint density at radius 2 is 2.04 bits per heavy atom. The predicted octanol–water partition coefficient (Wildman–Crippen LogP) is 1.89. The van der Waals surface area contributed by atoms with Gasteiger partial charge >= 0.3 is 5.97 Å². The molecule has 25 heavy (non-hydrogen) atoms. The summed E-state index contributed by atoms with van der Waals surface area (Å²) < 4.78 is 11.1. The Hall–Kier alpha value is -2.08. The van der Waals surface area contributed by atoms with E-state index in [9.17, 15) is 9.59 Å². The lowest BCUT2D eigenvalue weighted by molar-refractivity contribution is -0.140. The highest BCUT2D eigenvalue weighted by atomic mass is 16.5.